The van der Waals surface area contributed by atoms with Crippen molar-refractivity contribution in [1.82, 2.24) is 10.6 Å². The van der Waals surface area contributed by atoms with Crippen molar-refractivity contribution in [3.63, 3.8) is 0 Å². The van der Waals surface area contributed by atoms with Crippen molar-refractivity contribution < 1.29 is 32.3 Å². The first-order valence-corrected chi connectivity index (χ1v) is 10.8. The third kappa shape index (κ3) is 12.2. The summed E-state index contributed by atoms with van der Waals surface area (Å²) in [5.74, 6) is -1.51. The second-order valence-corrected chi connectivity index (χ2v) is 10.1. The molecule has 0 aromatic carbocycles. The van der Waals surface area contributed by atoms with Gasteiger partial charge in [0.05, 0.1) is 12.9 Å². The summed E-state index contributed by atoms with van der Waals surface area (Å²) in [5, 5.41) is 4.90. The van der Waals surface area contributed by atoms with E-state index in [0.717, 1.165) is 6.26 Å². The molecule has 2 N–H and O–H groups in total. The fraction of sp³-hybridized carbons (Fsp3) is 0.824. The average molecular weight is 409 g/mol. The molecule has 0 heterocycles. The van der Waals surface area contributed by atoms with Gasteiger partial charge in [0.15, 0.2) is 0 Å². The van der Waals surface area contributed by atoms with Gasteiger partial charge in [0, 0.05) is 6.26 Å². The predicted octanol–water partition coefficient (Wildman–Crippen LogP) is 1.02. The second-order valence-electron chi connectivity index (χ2n) is 7.83. The van der Waals surface area contributed by atoms with Gasteiger partial charge in [0.2, 0.25) is 5.91 Å². The smallest absolute Gasteiger partial charge is 0.408 e. The number of hydrogen-bond acceptors (Lipinski definition) is 7. The van der Waals surface area contributed by atoms with E-state index in [9.17, 15) is 22.8 Å². The molecule has 0 aromatic rings. The van der Waals surface area contributed by atoms with Gasteiger partial charge in [-0.25, -0.2) is 18.0 Å². The van der Waals surface area contributed by atoms with Crippen molar-refractivity contribution in [2.75, 3.05) is 19.1 Å². The first-order valence-electron chi connectivity index (χ1n) is 8.70. The highest BCUT2D eigenvalue weighted by Crippen LogP contribution is 2.09. The molecule has 0 saturated carbocycles. The molecular weight excluding hydrogens is 376 g/mol. The maximum Gasteiger partial charge on any atom is 0.408 e. The summed E-state index contributed by atoms with van der Waals surface area (Å²) in [6.45, 7) is 8.74. The molecule has 2 atom stereocenters. The van der Waals surface area contributed by atoms with Gasteiger partial charge in [-0.05, 0) is 39.5 Å². The zero-order chi connectivity index (χ0) is 21.4. The predicted molar refractivity (Wildman–Crippen MR) is 101 cm³/mol. The van der Waals surface area contributed by atoms with Crippen molar-refractivity contribution in [3.05, 3.63) is 0 Å². The maximum atomic E-state index is 12.6. The standard InChI is InChI=1S/C17H32N2O7S/c1-11(2)10-13(15(21)25-6)18-14(20)12(8-9-27(7,23)24)19-16(22)26-17(3,4)5/h11-13H,8-10H2,1-7H3,(H,18,20)(H,19,22)/t12-,13-/m0/s1. The van der Waals surface area contributed by atoms with Crippen LogP contribution in [0.5, 0.6) is 0 Å². The molecule has 0 rings (SSSR count). The molecule has 0 saturated heterocycles. The topological polar surface area (TPSA) is 128 Å². The summed E-state index contributed by atoms with van der Waals surface area (Å²) in [4.78, 5) is 36.5. The van der Waals surface area contributed by atoms with Gasteiger partial charge < -0.3 is 20.1 Å². The van der Waals surface area contributed by atoms with E-state index >= 15 is 0 Å². The Bertz CT molecular complexity index is 624. The lowest BCUT2D eigenvalue weighted by atomic mass is 10.0. The number of methoxy groups -OCH3 is 1. The van der Waals surface area contributed by atoms with Crippen molar-refractivity contribution in [2.45, 2.75) is 65.1 Å². The minimum atomic E-state index is -3.36. The van der Waals surface area contributed by atoms with Gasteiger partial charge in [0.1, 0.15) is 27.5 Å². The molecule has 10 heteroatoms. The summed E-state index contributed by atoms with van der Waals surface area (Å²) in [6, 6.07) is -2.07. The Hall–Kier alpha value is -1.84. The lowest BCUT2D eigenvalue weighted by Gasteiger charge is -2.25. The monoisotopic (exact) mass is 408 g/mol. The number of hydrogen-bond donors (Lipinski definition) is 2. The SMILES string of the molecule is COC(=O)[C@H](CC(C)C)NC(=O)[C@H](CCS(C)(=O)=O)NC(=O)OC(C)(C)C. The normalized spacial score (nSPS) is 14.2. The Balaban J connectivity index is 5.28. The summed E-state index contributed by atoms with van der Waals surface area (Å²) in [6.07, 6.45) is 0.365. The van der Waals surface area contributed by atoms with E-state index in [1.54, 1.807) is 20.8 Å². The van der Waals surface area contributed by atoms with E-state index in [0.29, 0.717) is 6.42 Å². The summed E-state index contributed by atoms with van der Waals surface area (Å²) >= 11 is 0. The Labute approximate surface area is 161 Å². The lowest BCUT2D eigenvalue weighted by Crippen LogP contribution is -2.53. The number of ether oxygens (including phenoxy) is 2. The van der Waals surface area contributed by atoms with Crippen LogP contribution in [0, 0.1) is 5.92 Å². The van der Waals surface area contributed by atoms with Crippen LogP contribution in [0.4, 0.5) is 4.79 Å². The molecule has 0 bridgehead atoms. The number of rotatable bonds is 9. The van der Waals surface area contributed by atoms with Crippen LogP contribution >= 0.6 is 0 Å². The highest BCUT2D eigenvalue weighted by molar-refractivity contribution is 7.90. The van der Waals surface area contributed by atoms with Gasteiger partial charge in [0.25, 0.3) is 0 Å². The number of alkyl carbamates (subject to hydrolysis) is 1. The average Bonchev–Trinajstić information content (AvgIpc) is 2.46. The van der Waals surface area contributed by atoms with Gasteiger partial charge in [-0.15, -0.1) is 0 Å². The molecule has 2 amide bonds. The van der Waals surface area contributed by atoms with Crippen molar-refractivity contribution >= 4 is 27.8 Å². The molecule has 9 nitrogen and oxygen atoms in total. The quantitative estimate of drug-likeness (QED) is 0.545. The molecule has 0 radical (unpaired) electrons. The van der Waals surface area contributed by atoms with Gasteiger partial charge in [-0.2, -0.15) is 0 Å². The first kappa shape index (κ1) is 25.2. The molecule has 27 heavy (non-hydrogen) atoms. The van der Waals surface area contributed by atoms with Crippen LogP contribution in [-0.2, 0) is 28.9 Å². The van der Waals surface area contributed by atoms with E-state index in [1.165, 1.54) is 7.11 Å². The van der Waals surface area contributed by atoms with Crippen LogP contribution in [-0.4, -0.2) is 63.2 Å². The fourth-order valence-corrected chi connectivity index (χ4v) is 2.81. The van der Waals surface area contributed by atoms with Crippen molar-refractivity contribution in [3.8, 4) is 0 Å². The van der Waals surface area contributed by atoms with E-state index in [2.05, 4.69) is 10.6 Å². The van der Waals surface area contributed by atoms with Crippen LogP contribution in [0.2, 0.25) is 0 Å². The zero-order valence-corrected chi connectivity index (χ0v) is 17.9. The number of carbonyl (C=O) groups is 3. The Morgan fingerprint density at radius 1 is 1.04 bits per heavy atom. The molecule has 0 unspecified atom stereocenters. The Kier molecular flexibility index (Phi) is 9.77. The van der Waals surface area contributed by atoms with Crippen LogP contribution in [0.1, 0.15) is 47.5 Å². The first-order chi connectivity index (χ1) is 12.1. The molecule has 0 fully saturated rings. The van der Waals surface area contributed by atoms with Gasteiger partial charge in [-0.1, -0.05) is 13.8 Å². The Morgan fingerprint density at radius 2 is 1.59 bits per heavy atom. The molecule has 0 aliphatic heterocycles. The zero-order valence-electron chi connectivity index (χ0n) is 17.1. The van der Waals surface area contributed by atoms with Crippen LogP contribution < -0.4 is 10.6 Å². The number of amides is 2. The van der Waals surface area contributed by atoms with E-state index < -0.39 is 45.5 Å². The van der Waals surface area contributed by atoms with E-state index in [1.807, 2.05) is 13.8 Å². The summed E-state index contributed by atoms with van der Waals surface area (Å²) < 4.78 is 32.7. The highest BCUT2D eigenvalue weighted by atomic mass is 32.2. The maximum absolute atomic E-state index is 12.6. The second kappa shape index (κ2) is 10.5. The van der Waals surface area contributed by atoms with Crippen LogP contribution in [0.25, 0.3) is 0 Å². The minimum Gasteiger partial charge on any atom is -0.467 e. The molecule has 0 spiro atoms. The third-order valence-electron chi connectivity index (χ3n) is 3.29. The van der Waals surface area contributed by atoms with E-state index in [-0.39, 0.29) is 18.1 Å². The van der Waals surface area contributed by atoms with Crippen molar-refractivity contribution in [2.24, 2.45) is 5.92 Å². The number of sulfone groups is 1. The number of nitrogens with one attached hydrogen (secondary N) is 2. The molecule has 0 aliphatic carbocycles. The van der Waals surface area contributed by atoms with Gasteiger partial charge >= 0.3 is 12.1 Å². The third-order valence-corrected chi connectivity index (χ3v) is 4.27. The number of esters is 1. The van der Waals surface area contributed by atoms with Crippen LogP contribution in [0.3, 0.4) is 0 Å². The summed E-state index contributed by atoms with van der Waals surface area (Å²) in [7, 11) is -2.15. The molecule has 0 aliphatic rings. The highest BCUT2D eigenvalue weighted by Gasteiger charge is 2.29. The van der Waals surface area contributed by atoms with Crippen LogP contribution in [0.15, 0.2) is 0 Å². The van der Waals surface area contributed by atoms with Crippen molar-refractivity contribution in [1.29, 1.82) is 0 Å². The van der Waals surface area contributed by atoms with E-state index in [4.69, 9.17) is 9.47 Å². The number of carbonyl (C=O) groups excluding carboxylic acids is 3. The molecule has 158 valence electrons. The largest absolute Gasteiger partial charge is 0.467 e. The molecular formula is C17H32N2O7S. The minimum absolute atomic E-state index is 0.0997. The van der Waals surface area contributed by atoms with Gasteiger partial charge in [-0.3, -0.25) is 4.79 Å². The molecule has 0 aromatic heterocycles. The fourth-order valence-electron chi connectivity index (χ4n) is 2.15. The lowest BCUT2D eigenvalue weighted by molar-refractivity contribution is -0.145. The summed E-state index contributed by atoms with van der Waals surface area (Å²) in [5.41, 5.74) is -0.784. The Morgan fingerprint density at radius 3 is 2.00 bits per heavy atom.